The van der Waals surface area contributed by atoms with Crippen LogP contribution < -0.4 is 10.0 Å². The van der Waals surface area contributed by atoms with Crippen LogP contribution >= 0.6 is 0 Å². The number of hydrogen-bond acceptors (Lipinski definition) is 3. The van der Waals surface area contributed by atoms with Crippen molar-refractivity contribution in [3.8, 4) is 0 Å². The molecule has 32 heavy (non-hydrogen) atoms. The van der Waals surface area contributed by atoms with Gasteiger partial charge in [0.15, 0.2) is 0 Å². The Hall–Kier alpha value is -3.12. The molecule has 0 aliphatic rings. The van der Waals surface area contributed by atoms with Gasteiger partial charge in [-0.25, -0.2) is 8.42 Å². The van der Waals surface area contributed by atoms with Gasteiger partial charge in [-0.1, -0.05) is 61.9 Å². The fourth-order valence-corrected chi connectivity index (χ4v) is 4.53. The van der Waals surface area contributed by atoms with E-state index in [4.69, 9.17) is 0 Å². The van der Waals surface area contributed by atoms with Crippen LogP contribution in [-0.2, 0) is 21.2 Å². The molecule has 0 saturated carbocycles. The zero-order valence-corrected chi connectivity index (χ0v) is 19.8. The minimum atomic E-state index is -3.66. The van der Waals surface area contributed by atoms with Crippen molar-refractivity contribution in [2.75, 3.05) is 10.0 Å². The molecule has 0 atom stereocenters. The van der Waals surface area contributed by atoms with Crippen LogP contribution in [0.3, 0.4) is 0 Å². The summed E-state index contributed by atoms with van der Waals surface area (Å²) in [5.41, 5.74) is 5.53. The molecule has 3 aromatic carbocycles. The fourth-order valence-electron chi connectivity index (χ4n) is 3.47. The number of nitrogens with one attached hydrogen (secondary N) is 2. The van der Waals surface area contributed by atoms with E-state index in [0.29, 0.717) is 24.4 Å². The summed E-state index contributed by atoms with van der Waals surface area (Å²) in [7, 11) is -3.66. The van der Waals surface area contributed by atoms with Gasteiger partial charge in [0.25, 0.3) is 10.0 Å². The number of amides is 1. The van der Waals surface area contributed by atoms with Crippen LogP contribution in [0.4, 0.5) is 11.4 Å². The lowest BCUT2D eigenvalue weighted by Crippen LogP contribution is -2.15. The minimum Gasteiger partial charge on any atom is -0.326 e. The third-order valence-electron chi connectivity index (χ3n) is 5.37. The normalized spacial score (nSPS) is 11.4. The van der Waals surface area contributed by atoms with Gasteiger partial charge in [0.1, 0.15) is 0 Å². The molecule has 0 unspecified atom stereocenters. The number of hydrogen-bond donors (Lipinski definition) is 2. The molecule has 1 amide bonds. The Balaban J connectivity index is 1.61. The fraction of sp³-hybridized carbons (Fsp3) is 0.269. The first-order valence-electron chi connectivity index (χ1n) is 10.7. The Morgan fingerprint density at radius 1 is 0.906 bits per heavy atom. The molecule has 3 rings (SSSR count). The van der Waals surface area contributed by atoms with E-state index in [1.807, 2.05) is 44.2 Å². The molecule has 3 aromatic rings. The number of para-hydroxylation sites is 1. The number of aryl methyl sites for hydroxylation is 3. The van der Waals surface area contributed by atoms with E-state index in [1.54, 1.807) is 36.4 Å². The van der Waals surface area contributed by atoms with Crippen LogP contribution in [0, 0.1) is 13.8 Å². The van der Waals surface area contributed by atoms with E-state index in [1.165, 1.54) is 0 Å². The molecule has 0 bridgehead atoms. The lowest BCUT2D eigenvalue weighted by molar-refractivity contribution is -0.116. The van der Waals surface area contributed by atoms with Crippen LogP contribution in [0.5, 0.6) is 0 Å². The van der Waals surface area contributed by atoms with Crippen LogP contribution in [0.1, 0.15) is 48.4 Å². The summed E-state index contributed by atoms with van der Waals surface area (Å²) < 4.78 is 27.8. The topological polar surface area (TPSA) is 75.3 Å². The number of benzene rings is 3. The molecule has 0 spiro atoms. The molecule has 5 nitrogen and oxygen atoms in total. The second-order valence-corrected chi connectivity index (χ2v) is 10.0. The zero-order valence-electron chi connectivity index (χ0n) is 19.0. The van der Waals surface area contributed by atoms with Gasteiger partial charge in [0.05, 0.1) is 4.90 Å². The Morgan fingerprint density at radius 3 is 2.19 bits per heavy atom. The summed E-state index contributed by atoms with van der Waals surface area (Å²) in [5.74, 6) is 0.257. The molecule has 6 heteroatoms. The Bertz CT molecular complexity index is 1180. The average Bonchev–Trinajstić information content (AvgIpc) is 2.75. The maximum absolute atomic E-state index is 12.6. The summed E-state index contributed by atoms with van der Waals surface area (Å²) in [5, 5.41) is 3.05. The number of carbonyl (C=O) groups excluding carboxylic acids is 1. The van der Waals surface area contributed by atoms with Crippen molar-refractivity contribution in [1.29, 1.82) is 0 Å². The molecule has 2 N–H and O–H groups in total. The maximum Gasteiger partial charge on any atom is 0.261 e. The van der Waals surface area contributed by atoms with Gasteiger partial charge >= 0.3 is 0 Å². The van der Waals surface area contributed by atoms with Gasteiger partial charge in [-0.15, -0.1) is 0 Å². The highest BCUT2D eigenvalue weighted by atomic mass is 32.2. The highest BCUT2D eigenvalue weighted by Crippen LogP contribution is 2.27. The van der Waals surface area contributed by atoms with Gasteiger partial charge < -0.3 is 5.32 Å². The minimum absolute atomic E-state index is 0.0565. The Morgan fingerprint density at radius 2 is 1.56 bits per heavy atom. The highest BCUT2D eigenvalue weighted by Gasteiger charge is 2.15. The predicted octanol–water partition coefficient (Wildman–Crippen LogP) is 5.80. The van der Waals surface area contributed by atoms with Crippen molar-refractivity contribution in [3.63, 3.8) is 0 Å². The van der Waals surface area contributed by atoms with E-state index in [-0.39, 0.29) is 10.8 Å². The Labute approximate surface area is 190 Å². The second-order valence-electron chi connectivity index (χ2n) is 8.36. The van der Waals surface area contributed by atoms with E-state index < -0.39 is 10.0 Å². The first-order chi connectivity index (χ1) is 15.2. The zero-order chi connectivity index (χ0) is 23.3. The summed E-state index contributed by atoms with van der Waals surface area (Å²) in [6, 6.07) is 19.9. The monoisotopic (exact) mass is 450 g/mol. The van der Waals surface area contributed by atoms with Crippen molar-refractivity contribution < 1.29 is 13.2 Å². The Kier molecular flexibility index (Phi) is 7.36. The summed E-state index contributed by atoms with van der Waals surface area (Å²) >= 11 is 0. The number of rotatable bonds is 8. The first-order valence-corrected chi connectivity index (χ1v) is 12.2. The second kappa shape index (κ2) is 10.0. The first kappa shape index (κ1) is 23.5. The van der Waals surface area contributed by atoms with Gasteiger partial charge in [0, 0.05) is 17.8 Å². The molecule has 0 aliphatic heterocycles. The van der Waals surface area contributed by atoms with Crippen LogP contribution in [0.2, 0.25) is 0 Å². The molecule has 168 valence electrons. The van der Waals surface area contributed by atoms with Gasteiger partial charge in [-0.2, -0.15) is 0 Å². The van der Waals surface area contributed by atoms with E-state index in [0.717, 1.165) is 27.9 Å². The number of carbonyl (C=O) groups is 1. The third-order valence-corrected chi connectivity index (χ3v) is 6.77. The maximum atomic E-state index is 12.6. The number of anilines is 2. The van der Waals surface area contributed by atoms with Crippen molar-refractivity contribution >= 4 is 27.3 Å². The van der Waals surface area contributed by atoms with Crippen molar-refractivity contribution in [2.45, 2.75) is 51.3 Å². The van der Waals surface area contributed by atoms with Crippen molar-refractivity contribution in [3.05, 3.63) is 89.0 Å². The average molecular weight is 451 g/mol. The molecular weight excluding hydrogens is 420 g/mol. The van der Waals surface area contributed by atoms with Gasteiger partial charge in [-0.05, 0) is 67.1 Å². The van der Waals surface area contributed by atoms with Crippen molar-refractivity contribution in [2.24, 2.45) is 0 Å². The van der Waals surface area contributed by atoms with Crippen LogP contribution in [-0.4, -0.2) is 14.3 Å². The largest absolute Gasteiger partial charge is 0.326 e. The SMILES string of the molecule is Cc1ccc(NS(=O)(=O)c2ccc(CCC(=O)Nc3c(C)cccc3C(C)C)cc2)cc1. The smallest absolute Gasteiger partial charge is 0.261 e. The molecule has 0 aromatic heterocycles. The molecule has 0 saturated heterocycles. The summed E-state index contributed by atoms with van der Waals surface area (Å²) in [6.45, 7) is 8.15. The standard InChI is InChI=1S/C26H30N2O3S/c1-18(2)24-7-5-6-20(4)26(24)27-25(29)17-12-21-10-15-23(16-11-21)32(30,31)28-22-13-8-19(3)9-14-22/h5-11,13-16,18,28H,12,17H2,1-4H3,(H,27,29). The van der Waals surface area contributed by atoms with Crippen LogP contribution in [0.25, 0.3) is 0 Å². The lowest BCUT2D eigenvalue weighted by Gasteiger charge is -2.16. The summed E-state index contributed by atoms with van der Waals surface area (Å²) in [4.78, 5) is 12.7. The quantitative estimate of drug-likeness (QED) is 0.455. The third kappa shape index (κ3) is 5.98. The highest BCUT2D eigenvalue weighted by molar-refractivity contribution is 7.92. The summed E-state index contributed by atoms with van der Waals surface area (Å²) in [6.07, 6.45) is 0.847. The van der Waals surface area contributed by atoms with Crippen LogP contribution in [0.15, 0.2) is 71.6 Å². The van der Waals surface area contributed by atoms with E-state index in [9.17, 15) is 13.2 Å². The van der Waals surface area contributed by atoms with Gasteiger partial charge in [0.2, 0.25) is 5.91 Å². The molecule has 0 fully saturated rings. The van der Waals surface area contributed by atoms with Crippen molar-refractivity contribution in [1.82, 2.24) is 0 Å². The lowest BCUT2D eigenvalue weighted by atomic mass is 9.98. The molecule has 0 aliphatic carbocycles. The van der Waals surface area contributed by atoms with E-state index in [2.05, 4.69) is 23.9 Å². The van der Waals surface area contributed by atoms with E-state index >= 15 is 0 Å². The molecular formula is C26H30N2O3S. The molecule has 0 radical (unpaired) electrons. The number of sulfonamides is 1. The van der Waals surface area contributed by atoms with Gasteiger partial charge in [-0.3, -0.25) is 9.52 Å². The predicted molar refractivity (Wildman–Crippen MR) is 131 cm³/mol. The molecule has 0 heterocycles.